The SMILES string of the molecule is Cc1ccc(CN(C)C(=O)[C@@H]2CCCC[C@@H]2C(=O)O)o1. The maximum Gasteiger partial charge on any atom is 0.307 e. The number of aliphatic carboxylic acids is 1. The van der Waals surface area contributed by atoms with Gasteiger partial charge >= 0.3 is 5.97 Å². The van der Waals surface area contributed by atoms with Crippen LogP contribution in [-0.2, 0) is 16.1 Å². The quantitative estimate of drug-likeness (QED) is 0.919. The van der Waals surface area contributed by atoms with Gasteiger partial charge in [0.25, 0.3) is 0 Å². The molecule has 5 nitrogen and oxygen atoms in total. The van der Waals surface area contributed by atoms with Crippen molar-refractivity contribution in [1.82, 2.24) is 4.90 Å². The highest BCUT2D eigenvalue weighted by molar-refractivity contribution is 5.84. The summed E-state index contributed by atoms with van der Waals surface area (Å²) in [6.07, 6.45) is 3.08. The molecule has 0 radical (unpaired) electrons. The summed E-state index contributed by atoms with van der Waals surface area (Å²) in [5.41, 5.74) is 0. The van der Waals surface area contributed by atoms with Gasteiger partial charge in [-0.1, -0.05) is 12.8 Å². The van der Waals surface area contributed by atoms with Crippen LogP contribution in [0.4, 0.5) is 0 Å². The molecule has 5 heteroatoms. The van der Waals surface area contributed by atoms with Crippen molar-refractivity contribution >= 4 is 11.9 Å². The van der Waals surface area contributed by atoms with Gasteiger partial charge in [-0.25, -0.2) is 0 Å². The van der Waals surface area contributed by atoms with Crippen molar-refractivity contribution in [2.24, 2.45) is 11.8 Å². The fourth-order valence-electron chi connectivity index (χ4n) is 2.89. The van der Waals surface area contributed by atoms with Gasteiger partial charge < -0.3 is 14.4 Å². The molecule has 1 heterocycles. The molecule has 20 heavy (non-hydrogen) atoms. The molecule has 1 aliphatic rings. The lowest BCUT2D eigenvalue weighted by molar-refractivity contribution is -0.152. The van der Waals surface area contributed by atoms with E-state index in [1.807, 2.05) is 19.1 Å². The first-order valence-corrected chi connectivity index (χ1v) is 7.02. The van der Waals surface area contributed by atoms with Crippen LogP contribution >= 0.6 is 0 Å². The number of carboxylic acid groups (broad SMARTS) is 1. The third-order valence-electron chi connectivity index (χ3n) is 3.97. The topological polar surface area (TPSA) is 70.8 Å². The predicted octanol–water partition coefficient (Wildman–Crippen LogP) is 2.44. The zero-order chi connectivity index (χ0) is 14.7. The standard InChI is InChI=1S/C15H21NO4/c1-10-7-8-11(20-10)9-16(2)14(17)12-5-3-4-6-13(12)15(18)19/h7-8,12-13H,3-6,9H2,1-2H3,(H,18,19)/t12-,13+/m1/s1. The van der Waals surface area contributed by atoms with Gasteiger partial charge in [0, 0.05) is 7.05 Å². The molecular weight excluding hydrogens is 258 g/mol. The molecule has 110 valence electrons. The van der Waals surface area contributed by atoms with Crippen LogP contribution in [0.5, 0.6) is 0 Å². The van der Waals surface area contributed by atoms with E-state index in [0.29, 0.717) is 19.4 Å². The van der Waals surface area contributed by atoms with Crippen molar-refractivity contribution < 1.29 is 19.1 Å². The van der Waals surface area contributed by atoms with E-state index in [1.165, 1.54) is 0 Å². The number of nitrogens with zero attached hydrogens (tertiary/aromatic N) is 1. The molecule has 0 unspecified atom stereocenters. The molecule has 0 saturated heterocycles. The maximum absolute atomic E-state index is 12.4. The van der Waals surface area contributed by atoms with E-state index in [2.05, 4.69) is 0 Å². The number of furan rings is 1. The van der Waals surface area contributed by atoms with Crippen LogP contribution in [0.15, 0.2) is 16.5 Å². The highest BCUT2D eigenvalue weighted by atomic mass is 16.4. The zero-order valence-corrected chi connectivity index (χ0v) is 12.0. The largest absolute Gasteiger partial charge is 0.481 e. The number of rotatable bonds is 4. The lowest BCUT2D eigenvalue weighted by Crippen LogP contribution is -2.40. The van der Waals surface area contributed by atoms with E-state index in [-0.39, 0.29) is 5.91 Å². The lowest BCUT2D eigenvalue weighted by atomic mass is 9.78. The van der Waals surface area contributed by atoms with Crippen LogP contribution < -0.4 is 0 Å². The highest BCUT2D eigenvalue weighted by Crippen LogP contribution is 2.31. The Morgan fingerprint density at radius 3 is 2.50 bits per heavy atom. The summed E-state index contributed by atoms with van der Waals surface area (Å²) in [5.74, 6) is -0.362. The number of hydrogen-bond donors (Lipinski definition) is 1. The summed E-state index contributed by atoms with van der Waals surface area (Å²) in [5, 5.41) is 9.24. The second-order valence-electron chi connectivity index (χ2n) is 5.54. The predicted molar refractivity (Wildman–Crippen MR) is 73.0 cm³/mol. The second-order valence-corrected chi connectivity index (χ2v) is 5.54. The molecule has 2 atom stereocenters. The molecule has 1 saturated carbocycles. The van der Waals surface area contributed by atoms with E-state index in [1.54, 1.807) is 11.9 Å². The van der Waals surface area contributed by atoms with Crippen molar-refractivity contribution in [1.29, 1.82) is 0 Å². The molecule has 1 aliphatic carbocycles. The maximum atomic E-state index is 12.4. The van der Waals surface area contributed by atoms with Crippen molar-refractivity contribution in [3.8, 4) is 0 Å². The van der Waals surface area contributed by atoms with E-state index < -0.39 is 17.8 Å². The number of aryl methyl sites for hydroxylation is 1. The molecule has 2 rings (SSSR count). The number of hydrogen-bond acceptors (Lipinski definition) is 3. The number of carbonyl (C=O) groups is 2. The van der Waals surface area contributed by atoms with Crippen LogP contribution in [0.25, 0.3) is 0 Å². The smallest absolute Gasteiger partial charge is 0.307 e. The highest BCUT2D eigenvalue weighted by Gasteiger charge is 2.37. The van der Waals surface area contributed by atoms with Crippen LogP contribution in [0.1, 0.15) is 37.2 Å². The molecule has 1 fully saturated rings. The molecule has 0 aliphatic heterocycles. The van der Waals surface area contributed by atoms with Crippen LogP contribution in [0, 0.1) is 18.8 Å². The Bertz CT molecular complexity index is 494. The molecule has 1 aromatic heterocycles. The fraction of sp³-hybridized carbons (Fsp3) is 0.600. The van der Waals surface area contributed by atoms with Gasteiger partial charge in [0.1, 0.15) is 11.5 Å². The second kappa shape index (κ2) is 6.11. The normalized spacial score (nSPS) is 22.5. The average Bonchev–Trinajstić information content (AvgIpc) is 2.83. The Balaban J connectivity index is 2.02. The Morgan fingerprint density at radius 1 is 1.30 bits per heavy atom. The van der Waals surface area contributed by atoms with Gasteiger partial charge in [-0.3, -0.25) is 9.59 Å². The molecule has 0 bridgehead atoms. The monoisotopic (exact) mass is 279 g/mol. The van der Waals surface area contributed by atoms with Gasteiger partial charge in [0.15, 0.2) is 0 Å². The Hall–Kier alpha value is -1.78. The molecule has 0 spiro atoms. The molecule has 1 N–H and O–H groups in total. The zero-order valence-electron chi connectivity index (χ0n) is 12.0. The summed E-state index contributed by atoms with van der Waals surface area (Å²) in [7, 11) is 1.70. The summed E-state index contributed by atoms with van der Waals surface area (Å²) < 4.78 is 5.46. The first-order valence-electron chi connectivity index (χ1n) is 7.02. The average molecular weight is 279 g/mol. The van der Waals surface area contributed by atoms with E-state index >= 15 is 0 Å². The molecule has 1 amide bonds. The van der Waals surface area contributed by atoms with Gasteiger partial charge in [0.2, 0.25) is 5.91 Å². The number of carboxylic acids is 1. The summed E-state index contributed by atoms with van der Waals surface area (Å²) in [6.45, 7) is 2.24. The Kier molecular flexibility index (Phi) is 4.47. The van der Waals surface area contributed by atoms with Gasteiger partial charge in [-0.2, -0.15) is 0 Å². The summed E-state index contributed by atoms with van der Waals surface area (Å²) in [4.78, 5) is 25.3. The van der Waals surface area contributed by atoms with Crippen LogP contribution in [0.2, 0.25) is 0 Å². The third kappa shape index (κ3) is 3.21. The minimum atomic E-state index is -0.856. The van der Waals surface area contributed by atoms with Gasteiger partial charge in [-0.15, -0.1) is 0 Å². The molecular formula is C15H21NO4. The summed E-state index contributed by atoms with van der Waals surface area (Å²) in [6, 6.07) is 3.70. The summed E-state index contributed by atoms with van der Waals surface area (Å²) >= 11 is 0. The minimum absolute atomic E-state index is 0.0915. The minimum Gasteiger partial charge on any atom is -0.481 e. The van der Waals surface area contributed by atoms with Crippen molar-refractivity contribution in [3.63, 3.8) is 0 Å². The first-order chi connectivity index (χ1) is 9.49. The fourth-order valence-corrected chi connectivity index (χ4v) is 2.89. The third-order valence-corrected chi connectivity index (χ3v) is 3.97. The van der Waals surface area contributed by atoms with E-state index in [4.69, 9.17) is 4.42 Å². The van der Waals surface area contributed by atoms with Crippen LogP contribution in [0.3, 0.4) is 0 Å². The Labute approximate surface area is 118 Å². The van der Waals surface area contributed by atoms with E-state index in [9.17, 15) is 14.7 Å². The number of carbonyl (C=O) groups excluding carboxylic acids is 1. The van der Waals surface area contributed by atoms with Crippen LogP contribution in [-0.4, -0.2) is 28.9 Å². The van der Waals surface area contributed by atoms with Crippen molar-refractivity contribution in [3.05, 3.63) is 23.7 Å². The van der Waals surface area contributed by atoms with Crippen molar-refractivity contribution in [2.75, 3.05) is 7.05 Å². The van der Waals surface area contributed by atoms with Crippen molar-refractivity contribution in [2.45, 2.75) is 39.2 Å². The first kappa shape index (κ1) is 14.6. The Morgan fingerprint density at radius 2 is 1.95 bits per heavy atom. The molecule has 1 aromatic rings. The molecule has 0 aromatic carbocycles. The van der Waals surface area contributed by atoms with Gasteiger partial charge in [-0.05, 0) is 31.9 Å². The van der Waals surface area contributed by atoms with Gasteiger partial charge in [0.05, 0.1) is 18.4 Å². The number of amides is 1. The van der Waals surface area contributed by atoms with E-state index in [0.717, 1.165) is 24.4 Å². The lowest BCUT2D eigenvalue weighted by Gasteiger charge is -2.30.